The fourth-order valence-electron chi connectivity index (χ4n) is 2.94. The van der Waals surface area contributed by atoms with Crippen LogP contribution in [0.5, 0.6) is 11.5 Å². The molecule has 0 radical (unpaired) electrons. The number of nitrogens with two attached hydrogens (primary N) is 1. The van der Waals surface area contributed by atoms with E-state index < -0.39 is 0 Å². The van der Waals surface area contributed by atoms with Gasteiger partial charge < -0.3 is 15.8 Å². The Morgan fingerprint density at radius 2 is 1.93 bits per heavy atom. The molecule has 0 unspecified atom stereocenters. The molecule has 3 N–H and O–H groups in total. The van der Waals surface area contributed by atoms with Gasteiger partial charge in [-0.1, -0.05) is 30.7 Å². The van der Waals surface area contributed by atoms with Crippen molar-refractivity contribution in [2.45, 2.75) is 26.3 Å². The number of carbonyl (C=O) groups is 1. The molecule has 29 heavy (non-hydrogen) atoms. The van der Waals surface area contributed by atoms with Crippen molar-refractivity contribution in [1.29, 1.82) is 0 Å². The molecule has 6 heteroatoms. The Kier molecular flexibility index (Phi) is 6.73. The average Bonchev–Trinajstić information content (AvgIpc) is 2.86. The Balaban J connectivity index is 1.65. The summed E-state index contributed by atoms with van der Waals surface area (Å²) in [5.41, 5.74) is 8.14. The highest BCUT2D eigenvalue weighted by molar-refractivity contribution is 6.30. The molecule has 0 heterocycles. The van der Waals surface area contributed by atoms with Gasteiger partial charge in [-0.3, -0.25) is 4.79 Å². The van der Waals surface area contributed by atoms with E-state index in [1.807, 2.05) is 31.2 Å². The van der Waals surface area contributed by atoms with Gasteiger partial charge in [0.25, 0.3) is 5.91 Å². The first kappa shape index (κ1) is 20.7. The standard InChI is InChI=1S/C23H22ClFN2O2/c1-2-16-13-22(26)20(10-11-21(16)25)23(28)27-14-15-4-3-5-19(12-15)29-18-8-6-17(24)7-9-18/h3-12H,2,13-14,26H2,1H3,(H,27,28). The van der Waals surface area contributed by atoms with Gasteiger partial charge in [0.2, 0.25) is 0 Å². The Hall–Kier alpha value is -3.05. The molecule has 4 nitrogen and oxygen atoms in total. The van der Waals surface area contributed by atoms with Gasteiger partial charge in [-0.2, -0.15) is 0 Å². The average molecular weight is 413 g/mol. The van der Waals surface area contributed by atoms with Crippen LogP contribution in [0.4, 0.5) is 4.39 Å². The van der Waals surface area contributed by atoms with Crippen molar-refractivity contribution in [3.8, 4) is 11.5 Å². The lowest BCUT2D eigenvalue weighted by molar-refractivity contribution is -0.117. The smallest absolute Gasteiger partial charge is 0.253 e. The molecule has 2 aromatic rings. The number of allylic oxidation sites excluding steroid dienone is 3. The fraction of sp³-hybridized carbons (Fsp3) is 0.174. The van der Waals surface area contributed by atoms with E-state index in [4.69, 9.17) is 22.1 Å². The summed E-state index contributed by atoms with van der Waals surface area (Å²) in [5, 5.41) is 3.47. The van der Waals surface area contributed by atoms with E-state index in [2.05, 4.69) is 5.32 Å². The second-order valence-corrected chi connectivity index (χ2v) is 7.08. The number of hydrogen-bond acceptors (Lipinski definition) is 3. The van der Waals surface area contributed by atoms with E-state index in [1.165, 1.54) is 12.2 Å². The minimum atomic E-state index is -0.340. The van der Waals surface area contributed by atoms with E-state index in [-0.39, 0.29) is 30.3 Å². The van der Waals surface area contributed by atoms with Crippen LogP contribution in [0.25, 0.3) is 0 Å². The third kappa shape index (κ3) is 5.48. The Bertz CT molecular complexity index is 994. The first-order valence-corrected chi connectivity index (χ1v) is 9.69. The van der Waals surface area contributed by atoms with E-state index in [0.29, 0.717) is 34.2 Å². The van der Waals surface area contributed by atoms with Gasteiger partial charge in [0, 0.05) is 23.7 Å². The topological polar surface area (TPSA) is 64.3 Å². The number of amides is 1. The molecule has 0 spiro atoms. The van der Waals surface area contributed by atoms with Gasteiger partial charge in [-0.25, -0.2) is 4.39 Å². The van der Waals surface area contributed by atoms with E-state index in [9.17, 15) is 9.18 Å². The summed E-state index contributed by atoms with van der Waals surface area (Å²) in [7, 11) is 0. The molecule has 1 amide bonds. The molecule has 2 aromatic carbocycles. The molecule has 0 atom stereocenters. The Labute approximate surface area is 174 Å². The molecule has 0 bridgehead atoms. The molecule has 0 saturated heterocycles. The van der Waals surface area contributed by atoms with Gasteiger partial charge in [-0.05, 0) is 66.1 Å². The summed E-state index contributed by atoms with van der Waals surface area (Å²) in [5.74, 6) is 0.641. The van der Waals surface area contributed by atoms with Crippen LogP contribution in [-0.4, -0.2) is 5.91 Å². The lowest BCUT2D eigenvalue weighted by Crippen LogP contribution is -2.26. The second-order valence-electron chi connectivity index (χ2n) is 6.64. The zero-order valence-corrected chi connectivity index (χ0v) is 16.8. The van der Waals surface area contributed by atoms with Gasteiger partial charge in [0.05, 0.1) is 5.57 Å². The van der Waals surface area contributed by atoms with Gasteiger partial charge in [0.1, 0.15) is 17.3 Å². The minimum absolute atomic E-state index is 0.252. The van der Waals surface area contributed by atoms with E-state index >= 15 is 0 Å². The van der Waals surface area contributed by atoms with Crippen LogP contribution in [0, 0.1) is 0 Å². The van der Waals surface area contributed by atoms with Crippen LogP contribution in [0.1, 0.15) is 25.3 Å². The van der Waals surface area contributed by atoms with Crippen LogP contribution >= 0.6 is 11.6 Å². The molecular weight excluding hydrogens is 391 g/mol. The van der Waals surface area contributed by atoms with E-state index in [1.54, 1.807) is 24.3 Å². The Morgan fingerprint density at radius 1 is 1.17 bits per heavy atom. The van der Waals surface area contributed by atoms with Gasteiger partial charge in [0.15, 0.2) is 0 Å². The number of hydrogen-bond donors (Lipinski definition) is 2. The van der Waals surface area contributed by atoms with Crippen LogP contribution in [0.2, 0.25) is 5.02 Å². The normalized spacial score (nSPS) is 14.0. The monoisotopic (exact) mass is 412 g/mol. The summed E-state index contributed by atoms with van der Waals surface area (Å²) >= 11 is 5.88. The quantitative estimate of drug-likeness (QED) is 0.653. The highest BCUT2D eigenvalue weighted by atomic mass is 35.5. The number of rotatable bonds is 6. The molecule has 0 aromatic heterocycles. The summed E-state index contributed by atoms with van der Waals surface area (Å²) in [6.45, 7) is 2.15. The molecule has 150 valence electrons. The third-order valence-electron chi connectivity index (χ3n) is 4.56. The van der Waals surface area contributed by atoms with Crippen molar-refractivity contribution in [3.63, 3.8) is 0 Å². The van der Waals surface area contributed by atoms with Crippen molar-refractivity contribution in [3.05, 3.63) is 93.9 Å². The predicted octanol–water partition coefficient (Wildman–Crippen LogP) is 5.55. The maximum absolute atomic E-state index is 14.0. The first-order valence-electron chi connectivity index (χ1n) is 9.31. The number of nitrogens with one attached hydrogen (secondary N) is 1. The third-order valence-corrected chi connectivity index (χ3v) is 4.81. The largest absolute Gasteiger partial charge is 0.457 e. The van der Waals surface area contributed by atoms with Crippen LogP contribution in [0.3, 0.4) is 0 Å². The number of benzene rings is 2. The lowest BCUT2D eigenvalue weighted by Gasteiger charge is -2.11. The molecule has 0 aliphatic heterocycles. The molecule has 1 aliphatic rings. The highest BCUT2D eigenvalue weighted by Gasteiger charge is 2.16. The summed E-state index contributed by atoms with van der Waals surface area (Å²) in [4.78, 5) is 12.6. The highest BCUT2D eigenvalue weighted by Crippen LogP contribution is 2.25. The second kappa shape index (κ2) is 9.43. The van der Waals surface area contributed by atoms with E-state index in [0.717, 1.165) is 5.56 Å². The van der Waals surface area contributed by atoms with Gasteiger partial charge >= 0.3 is 0 Å². The van der Waals surface area contributed by atoms with Crippen molar-refractivity contribution >= 4 is 17.5 Å². The molecular formula is C23H22ClFN2O2. The van der Waals surface area contributed by atoms with Crippen molar-refractivity contribution in [2.24, 2.45) is 5.73 Å². The number of ether oxygens (including phenoxy) is 1. The SMILES string of the molecule is CCC1=C(F)C=CC(C(=O)NCc2cccc(Oc3ccc(Cl)cc3)c2)=C(N)C1. The summed E-state index contributed by atoms with van der Waals surface area (Å²) < 4.78 is 19.8. The minimum Gasteiger partial charge on any atom is -0.457 e. The van der Waals surface area contributed by atoms with Crippen molar-refractivity contribution < 1.29 is 13.9 Å². The van der Waals surface area contributed by atoms with Crippen LogP contribution < -0.4 is 15.8 Å². The fourth-order valence-corrected chi connectivity index (χ4v) is 3.07. The maximum Gasteiger partial charge on any atom is 0.253 e. The van der Waals surface area contributed by atoms with Crippen LogP contribution in [0.15, 0.2) is 83.4 Å². The predicted molar refractivity (Wildman–Crippen MR) is 113 cm³/mol. The zero-order valence-electron chi connectivity index (χ0n) is 16.0. The first-order chi connectivity index (χ1) is 14.0. The number of halogens is 2. The molecule has 3 rings (SSSR count). The molecule has 1 aliphatic carbocycles. The zero-order chi connectivity index (χ0) is 20.8. The number of carbonyl (C=O) groups excluding carboxylic acids is 1. The van der Waals surface area contributed by atoms with Crippen molar-refractivity contribution in [1.82, 2.24) is 5.32 Å². The molecule has 0 saturated carbocycles. The lowest BCUT2D eigenvalue weighted by atomic mass is 10.1. The Morgan fingerprint density at radius 3 is 2.66 bits per heavy atom. The summed E-state index contributed by atoms with van der Waals surface area (Å²) in [6, 6.07) is 14.5. The van der Waals surface area contributed by atoms with Gasteiger partial charge in [-0.15, -0.1) is 0 Å². The van der Waals surface area contributed by atoms with Crippen molar-refractivity contribution in [2.75, 3.05) is 0 Å². The van der Waals surface area contributed by atoms with Crippen LogP contribution in [-0.2, 0) is 11.3 Å². The molecule has 0 fully saturated rings. The maximum atomic E-state index is 14.0. The summed E-state index contributed by atoms with van der Waals surface area (Å²) in [6.07, 6.45) is 3.53.